The smallest absolute Gasteiger partial charge is 0.297 e. The molecule has 20 heavy (non-hydrogen) atoms. The Morgan fingerprint density at radius 3 is 1.80 bits per heavy atom. The van der Waals surface area contributed by atoms with Crippen LogP contribution in [0.2, 0.25) is 5.15 Å². The summed E-state index contributed by atoms with van der Waals surface area (Å²) in [6.07, 6.45) is 0. The minimum atomic E-state index is -2.40. The van der Waals surface area contributed by atoms with Gasteiger partial charge < -0.3 is 0 Å². The van der Waals surface area contributed by atoms with E-state index >= 15 is 0 Å². The van der Waals surface area contributed by atoms with Gasteiger partial charge in [-0.25, -0.2) is 31.3 Å². The van der Waals surface area contributed by atoms with Crippen molar-refractivity contribution in [3.63, 3.8) is 0 Å². The van der Waals surface area contributed by atoms with Crippen molar-refractivity contribution in [1.82, 2.24) is 9.55 Å². The maximum absolute atomic E-state index is 13.5. The van der Waals surface area contributed by atoms with Crippen molar-refractivity contribution in [1.29, 1.82) is 0 Å². The third-order valence-corrected chi connectivity index (χ3v) is 2.51. The molecule has 0 saturated carbocycles. The average Bonchev–Trinajstić information content (AvgIpc) is 2.37. The van der Waals surface area contributed by atoms with Crippen LogP contribution in [-0.4, -0.2) is 9.55 Å². The number of hydrogen-bond acceptors (Lipinski definition) is 2. The molecule has 0 spiro atoms. The molecule has 0 radical (unpaired) electrons. The Hall–Kier alpha value is -2.16. The highest BCUT2D eigenvalue weighted by atomic mass is 35.5. The predicted octanol–water partition coefficient (Wildman–Crippen LogP) is 1.87. The van der Waals surface area contributed by atoms with Crippen LogP contribution < -0.4 is 11.2 Å². The second kappa shape index (κ2) is 4.75. The number of nitrogens with zero attached hydrogens (tertiary/aromatic N) is 1. The van der Waals surface area contributed by atoms with E-state index in [4.69, 9.17) is 11.6 Å². The highest BCUT2D eigenvalue weighted by Crippen LogP contribution is 2.24. The van der Waals surface area contributed by atoms with Crippen LogP contribution in [0.25, 0.3) is 5.69 Å². The Bertz CT molecular complexity index is 769. The van der Waals surface area contributed by atoms with Gasteiger partial charge in [0.1, 0.15) is 10.8 Å². The van der Waals surface area contributed by atoms with Gasteiger partial charge >= 0.3 is 5.69 Å². The zero-order chi connectivity index (χ0) is 15.2. The minimum absolute atomic E-state index is 0.248. The number of rotatable bonds is 1. The van der Waals surface area contributed by atoms with Gasteiger partial charge in [-0.05, 0) is 0 Å². The van der Waals surface area contributed by atoms with Gasteiger partial charge in [-0.15, -0.1) is 0 Å². The van der Waals surface area contributed by atoms with Gasteiger partial charge in [0.05, 0.1) is 0 Å². The summed E-state index contributed by atoms with van der Waals surface area (Å²) in [7, 11) is 0. The van der Waals surface area contributed by atoms with E-state index in [0.717, 1.165) is 0 Å². The summed E-state index contributed by atoms with van der Waals surface area (Å²) in [6, 6.07) is 0.543. The average molecular weight is 313 g/mol. The van der Waals surface area contributed by atoms with Gasteiger partial charge in [-0.3, -0.25) is 9.78 Å². The van der Waals surface area contributed by atoms with E-state index in [0.29, 0.717) is 6.07 Å². The zero-order valence-corrected chi connectivity index (χ0v) is 9.86. The standard InChI is InChI=1S/C10H2ClF5N2O2/c11-2-1-3(19)18(10(20)17-2)9-7(15)5(13)4(12)6(14)8(9)16/h1H,(H,17,20). The minimum Gasteiger partial charge on any atom is -0.297 e. The first-order valence-corrected chi connectivity index (χ1v) is 5.17. The molecule has 4 nitrogen and oxygen atoms in total. The summed E-state index contributed by atoms with van der Waals surface area (Å²) in [6.45, 7) is 0. The van der Waals surface area contributed by atoms with Crippen LogP contribution in [-0.2, 0) is 0 Å². The summed E-state index contributed by atoms with van der Waals surface area (Å²) in [4.78, 5) is 24.7. The molecule has 1 N–H and O–H groups in total. The number of hydrogen-bond donors (Lipinski definition) is 1. The lowest BCUT2D eigenvalue weighted by molar-refractivity contribution is 0.374. The molecule has 1 aromatic heterocycles. The first-order chi connectivity index (χ1) is 9.25. The fraction of sp³-hybridized carbons (Fsp3) is 0. The molecule has 0 bridgehead atoms. The fourth-order valence-electron chi connectivity index (χ4n) is 1.47. The van der Waals surface area contributed by atoms with Crippen LogP contribution in [0.15, 0.2) is 15.7 Å². The van der Waals surface area contributed by atoms with E-state index < -0.39 is 51.2 Å². The molecule has 0 aliphatic rings. The second-order valence-electron chi connectivity index (χ2n) is 3.51. The quantitative estimate of drug-likeness (QED) is 0.378. The molecule has 0 aliphatic heterocycles. The number of halogens is 6. The molecular formula is C10H2ClF5N2O2. The molecule has 0 amide bonds. The maximum Gasteiger partial charge on any atom is 0.334 e. The highest BCUT2D eigenvalue weighted by molar-refractivity contribution is 6.29. The Morgan fingerprint density at radius 2 is 1.35 bits per heavy atom. The summed E-state index contributed by atoms with van der Waals surface area (Å²) in [5.41, 5.74) is -4.49. The fourth-order valence-corrected chi connectivity index (χ4v) is 1.64. The molecule has 1 aromatic carbocycles. The van der Waals surface area contributed by atoms with Crippen LogP contribution in [0, 0.1) is 29.1 Å². The number of aromatic nitrogens is 2. The van der Waals surface area contributed by atoms with Crippen LogP contribution in [0.4, 0.5) is 22.0 Å². The molecular weight excluding hydrogens is 311 g/mol. The summed E-state index contributed by atoms with van der Waals surface area (Å²) >= 11 is 5.31. The normalized spacial score (nSPS) is 10.9. The van der Waals surface area contributed by atoms with E-state index in [2.05, 4.69) is 0 Å². The van der Waals surface area contributed by atoms with Crippen LogP contribution in [0.1, 0.15) is 0 Å². The Morgan fingerprint density at radius 1 is 0.900 bits per heavy atom. The van der Waals surface area contributed by atoms with E-state index in [9.17, 15) is 31.5 Å². The molecule has 0 atom stereocenters. The SMILES string of the molecule is O=c1cc(Cl)[nH]c(=O)n1-c1c(F)c(F)c(F)c(F)c1F. The maximum atomic E-state index is 13.5. The van der Waals surface area contributed by atoms with Crippen LogP contribution >= 0.6 is 11.6 Å². The molecule has 1 heterocycles. The van der Waals surface area contributed by atoms with Crippen LogP contribution in [0.5, 0.6) is 0 Å². The molecule has 2 aromatic rings. The van der Waals surface area contributed by atoms with Crippen LogP contribution in [0.3, 0.4) is 0 Å². The lowest BCUT2D eigenvalue weighted by atomic mass is 10.2. The molecule has 0 saturated heterocycles. The van der Waals surface area contributed by atoms with E-state index in [1.165, 1.54) is 0 Å². The van der Waals surface area contributed by atoms with Crippen molar-refractivity contribution < 1.29 is 22.0 Å². The number of H-pyrrole nitrogens is 1. The van der Waals surface area contributed by atoms with E-state index in [1.54, 1.807) is 4.98 Å². The largest absolute Gasteiger partial charge is 0.334 e. The van der Waals surface area contributed by atoms with Gasteiger partial charge in [0.25, 0.3) is 5.56 Å². The Labute approximate surface area is 111 Å². The molecule has 2 rings (SSSR count). The lowest BCUT2D eigenvalue weighted by Crippen LogP contribution is -2.35. The first-order valence-electron chi connectivity index (χ1n) is 4.79. The summed E-state index contributed by atoms with van der Waals surface area (Å²) in [5.74, 6) is -11.6. The molecule has 0 unspecified atom stereocenters. The van der Waals surface area contributed by atoms with Crippen molar-refractivity contribution >= 4 is 11.6 Å². The Kier molecular flexibility index (Phi) is 3.38. The third kappa shape index (κ3) is 1.99. The molecule has 0 fully saturated rings. The number of nitrogens with one attached hydrogen (secondary N) is 1. The van der Waals surface area contributed by atoms with Gasteiger partial charge in [0.2, 0.25) is 5.82 Å². The zero-order valence-electron chi connectivity index (χ0n) is 9.11. The molecule has 0 aliphatic carbocycles. The number of benzene rings is 1. The predicted molar refractivity (Wildman–Crippen MR) is 57.5 cm³/mol. The van der Waals surface area contributed by atoms with Crippen molar-refractivity contribution in [2.45, 2.75) is 0 Å². The monoisotopic (exact) mass is 312 g/mol. The first kappa shape index (κ1) is 14.3. The number of aromatic amines is 1. The van der Waals surface area contributed by atoms with E-state index in [-0.39, 0.29) is 4.57 Å². The van der Waals surface area contributed by atoms with Gasteiger partial charge in [-0.2, -0.15) is 0 Å². The van der Waals surface area contributed by atoms with Crippen molar-refractivity contribution in [2.75, 3.05) is 0 Å². The van der Waals surface area contributed by atoms with Gasteiger partial charge in [0, 0.05) is 6.07 Å². The van der Waals surface area contributed by atoms with Gasteiger partial charge in [0.15, 0.2) is 23.3 Å². The second-order valence-corrected chi connectivity index (χ2v) is 3.92. The molecule has 10 heteroatoms. The summed E-state index contributed by atoms with van der Waals surface area (Å²) in [5, 5.41) is -0.458. The summed E-state index contributed by atoms with van der Waals surface area (Å²) < 4.78 is 65.6. The molecule has 106 valence electrons. The van der Waals surface area contributed by atoms with Crippen molar-refractivity contribution in [3.8, 4) is 5.69 Å². The Balaban J connectivity index is 2.99. The topological polar surface area (TPSA) is 54.9 Å². The van der Waals surface area contributed by atoms with Crippen molar-refractivity contribution in [3.05, 3.63) is 61.1 Å². The van der Waals surface area contributed by atoms with Crippen molar-refractivity contribution in [2.24, 2.45) is 0 Å². The van der Waals surface area contributed by atoms with E-state index in [1.807, 2.05) is 0 Å². The van der Waals surface area contributed by atoms with Gasteiger partial charge in [-0.1, -0.05) is 11.6 Å². The highest BCUT2D eigenvalue weighted by Gasteiger charge is 2.28. The lowest BCUT2D eigenvalue weighted by Gasteiger charge is -2.09. The third-order valence-electron chi connectivity index (χ3n) is 2.31.